The molecule has 3 aromatic carbocycles. The summed E-state index contributed by atoms with van der Waals surface area (Å²) in [6, 6.07) is 26.2. The maximum Gasteiger partial charge on any atom is 0.339 e. The van der Waals surface area contributed by atoms with E-state index in [0.717, 1.165) is 24.0 Å². The zero-order valence-corrected chi connectivity index (χ0v) is 24.3. The Balaban J connectivity index is 1.25. The summed E-state index contributed by atoms with van der Waals surface area (Å²) in [6.07, 6.45) is 1.58. The highest BCUT2D eigenvalue weighted by Crippen LogP contribution is 2.41. The molecular weight excluding hydrogens is 560 g/mol. The van der Waals surface area contributed by atoms with E-state index in [2.05, 4.69) is 34.5 Å². The molecule has 1 unspecified atom stereocenters. The first kappa shape index (κ1) is 29.1. The Labute approximate surface area is 255 Å². The van der Waals surface area contributed by atoms with Crippen LogP contribution in [0.4, 0.5) is 5.69 Å². The summed E-state index contributed by atoms with van der Waals surface area (Å²) in [5.74, 6) is -1.93. The standard InChI is InChI=1S/C34H34N4O6/c1-21-28(33(39)43-20-22-15-16-22)29(25-13-8-14-26(17-25)38(41)42)30(32(35)36-21)34(40)44-27-18-37(19-27)31(23-9-4-2-5-10-23)24-11-6-3-7-12-24/h2-14,17,22,27,29,31,36H,15-16,18-20,35H2,1H3. The molecule has 0 bridgehead atoms. The predicted molar refractivity (Wildman–Crippen MR) is 163 cm³/mol. The Kier molecular flexibility index (Phi) is 8.17. The maximum atomic E-state index is 13.9. The van der Waals surface area contributed by atoms with Gasteiger partial charge in [-0.1, -0.05) is 72.8 Å². The number of esters is 2. The highest BCUT2D eigenvalue weighted by Gasteiger charge is 2.42. The van der Waals surface area contributed by atoms with Crippen LogP contribution in [0, 0.1) is 16.0 Å². The number of ether oxygens (including phenoxy) is 2. The highest BCUT2D eigenvalue weighted by molar-refractivity contribution is 6.00. The van der Waals surface area contributed by atoms with Gasteiger partial charge in [0.2, 0.25) is 0 Å². The van der Waals surface area contributed by atoms with Crippen LogP contribution in [0.25, 0.3) is 0 Å². The van der Waals surface area contributed by atoms with Crippen molar-refractivity contribution in [1.29, 1.82) is 0 Å². The van der Waals surface area contributed by atoms with Crippen LogP contribution in [0.3, 0.4) is 0 Å². The van der Waals surface area contributed by atoms with E-state index in [9.17, 15) is 19.7 Å². The number of nitro benzene ring substituents is 1. The number of carbonyl (C=O) groups is 2. The first-order chi connectivity index (χ1) is 21.3. The minimum Gasteiger partial charge on any atom is -0.462 e. The van der Waals surface area contributed by atoms with E-state index < -0.39 is 28.9 Å². The van der Waals surface area contributed by atoms with Crippen molar-refractivity contribution in [2.75, 3.05) is 19.7 Å². The fourth-order valence-corrected chi connectivity index (χ4v) is 5.91. The lowest BCUT2D eigenvalue weighted by Gasteiger charge is -2.44. The van der Waals surface area contributed by atoms with E-state index in [1.54, 1.807) is 13.0 Å². The molecule has 10 heteroatoms. The quantitative estimate of drug-likeness (QED) is 0.194. The first-order valence-corrected chi connectivity index (χ1v) is 14.7. The van der Waals surface area contributed by atoms with Crippen molar-refractivity contribution in [1.82, 2.24) is 10.2 Å². The van der Waals surface area contributed by atoms with Crippen molar-refractivity contribution >= 4 is 17.6 Å². The largest absolute Gasteiger partial charge is 0.462 e. The van der Waals surface area contributed by atoms with Gasteiger partial charge in [0.15, 0.2) is 0 Å². The highest BCUT2D eigenvalue weighted by atomic mass is 16.6. The Morgan fingerprint density at radius 3 is 2.18 bits per heavy atom. The summed E-state index contributed by atoms with van der Waals surface area (Å²) in [6.45, 7) is 2.93. The number of benzene rings is 3. The van der Waals surface area contributed by atoms with E-state index in [-0.39, 0.29) is 35.3 Å². The molecule has 3 N–H and O–H groups in total. The van der Waals surface area contributed by atoms with E-state index in [1.807, 2.05) is 36.4 Å². The molecule has 1 saturated heterocycles. The molecule has 0 spiro atoms. The van der Waals surface area contributed by atoms with Gasteiger partial charge in [-0.15, -0.1) is 0 Å². The van der Waals surface area contributed by atoms with Crippen LogP contribution in [-0.4, -0.2) is 47.6 Å². The topological polar surface area (TPSA) is 137 Å². The van der Waals surface area contributed by atoms with E-state index in [4.69, 9.17) is 15.2 Å². The summed E-state index contributed by atoms with van der Waals surface area (Å²) < 4.78 is 11.6. The lowest BCUT2D eigenvalue weighted by Crippen LogP contribution is -2.54. The monoisotopic (exact) mass is 594 g/mol. The summed E-state index contributed by atoms with van der Waals surface area (Å²) >= 11 is 0. The normalized spacial score (nSPS) is 18.9. The second kappa shape index (κ2) is 12.3. The molecule has 226 valence electrons. The molecule has 1 atom stereocenters. The van der Waals surface area contributed by atoms with Crippen LogP contribution in [-0.2, 0) is 19.1 Å². The Morgan fingerprint density at radius 2 is 1.59 bits per heavy atom. The third kappa shape index (κ3) is 6.07. The van der Waals surface area contributed by atoms with Gasteiger partial charge in [-0.2, -0.15) is 0 Å². The van der Waals surface area contributed by atoms with Crippen molar-refractivity contribution in [3.8, 4) is 0 Å². The van der Waals surface area contributed by atoms with E-state index in [1.165, 1.54) is 18.2 Å². The zero-order chi connectivity index (χ0) is 30.8. The second-order valence-electron chi connectivity index (χ2n) is 11.5. The third-order valence-corrected chi connectivity index (χ3v) is 8.34. The van der Waals surface area contributed by atoms with Gasteiger partial charge in [0.1, 0.15) is 11.9 Å². The number of likely N-dealkylation sites (tertiary alicyclic amines) is 1. The van der Waals surface area contributed by atoms with E-state index in [0.29, 0.717) is 30.3 Å². The summed E-state index contributed by atoms with van der Waals surface area (Å²) in [5, 5.41) is 14.6. The third-order valence-electron chi connectivity index (χ3n) is 8.34. The average Bonchev–Trinajstić information content (AvgIpc) is 3.84. The van der Waals surface area contributed by atoms with Crippen LogP contribution < -0.4 is 11.1 Å². The number of non-ortho nitro benzene ring substituents is 1. The molecule has 0 amide bonds. The van der Waals surface area contributed by atoms with Gasteiger partial charge < -0.3 is 20.5 Å². The second-order valence-corrected chi connectivity index (χ2v) is 11.5. The van der Waals surface area contributed by atoms with Crippen molar-refractivity contribution in [3.05, 3.63) is 134 Å². The SMILES string of the molecule is CC1=C(C(=O)OCC2CC2)C(c2cccc([N+](=O)[O-])c2)C(C(=O)OC2CN(C(c3ccccc3)c3ccccc3)C2)=C(N)N1. The number of nitrogens with one attached hydrogen (secondary N) is 1. The average molecular weight is 595 g/mol. The van der Waals surface area contributed by atoms with Crippen LogP contribution in [0.1, 0.15) is 48.4 Å². The minimum absolute atomic E-state index is 0.0102. The molecule has 0 radical (unpaired) electrons. The number of dihydropyridines is 1. The number of allylic oxidation sites excluding steroid dienone is 1. The Hall–Kier alpha value is -4.96. The molecule has 0 aromatic heterocycles. The zero-order valence-electron chi connectivity index (χ0n) is 24.3. The van der Waals surface area contributed by atoms with Crippen LogP contribution in [0.15, 0.2) is 108 Å². The van der Waals surface area contributed by atoms with Crippen molar-refractivity contribution in [3.63, 3.8) is 0 Å². The van der Waals surface area contributed by atoms with Crippen LogP contribution >= 0.6 is 0 Å². The van der Waals surface area contributed by atoms with Crippen molar-refractivity contribution < 1.29 is 24.0 Å². The molecular formula is C34H34N4O6. The smallest absolute Gasteiger partial charge is 0.339 e. The number of nitro groups is 1. The Morgan fingerprint density at radius 1 is 0.955 bits per heavy atom. The lowest BCUT2D eigenvalue weighted by molar-refractivity contribution is -0.384. The van der Waals surface area contributed by atoms with Gasteiger partial charge in [-0.3, -0.25) is 15.0 Å². The number of hydrogen-bond donors (Lipinski definition) is 2. The summed E-state index contributed by atoms with van der Waals surface area (Å²) in [4.78, 5) is 40.6. The number of carbonyl (C=O) groups excluding carboxylic acids is 2. The molecule has 6 rings (SSSR count). The molecule has 2 fully saturated rings. The number of hydrogen-bond acceptors (Lipinski definition) is 9. The molecule has 44 heavy (non-hydrogen) atoms. The number of rotatable bonds is 10. The summed E-state index contributed by atoms with van der Waals surface area (Å²) in [5.41, 5.74) is 9.47. The van der Waals surface area contributed by atoms with Crippen molar-refractivity contribution in [2.24, 2.45) is 11.7 Å². The van der Waals surface area contributed by atoms with Crippen LogP contribution in [0.2, 0.25) is 0 Å². The van der Waals surface area contributed by atoms with Gasteiger partial charge >= 0.3 is 11.9 Å². The maximum absolute atomic E-state index is 13.9. The van der Waals surface area contributed by atoms with Gasteiger partial charge in [0.25, 0.3) is 5.69 Å². The molecule has 2 aliphatic heterocycles. The first-order valence-electron chi connectivity index (χ1n) is 14.7. The number of nitrogens with zero attached hydrogens (tertiary/aromatic N) is 2. The lowest BCUT2D eigenvalue weighted by atomic mass is 9.81. The number of nitrogens with two attached hydrogens (primary N) is 1. The minimum atomic E-state index is -1.01. The van der Waals surface area contributed by atoms with Gasteiger partial charge in [0.05, 0.1) is 34.6 Å². The molecule has 2 heterocycles. The molecule has 1 saturated carbocycles. The molecule has 3 aliphatic rings. The molecule has 3 aromatic rings. The van der Waals surface area contributed by atoms with Gasteiger partial charge in [-0.25, -0.2) is 9.59 Å². The summed E-state index contributed by atoms with van der Waals surface area (Å²) in [7, 11) is 0. The fraction of sp³-hybridized carbons (Fsp3) is 0.294. The van der Waals surface area contributed by atoms with E-state index >= 15 is 0 Å². The predicted octanol–water partition coefficient (Wildman–Crippen LogP) is 4.70. The Bertz CT molecular complexity index is 1590. The van der Waals surface area contributed by atoms with Gasteiger partial charge in [0, 0.05) is 30.9 Å². The van der Waals surface area contributed by atoms with Gasteiger partial charge in [-0.05, 0) is 42.4 Å². The molecule has 10 nitrogen and oxygen atoms in total. The van der Waals surface area contributed by atoms with Crippen molar-refractivity contribution in [2.45, 2.75) is 37.8 Å². The van der Waals surface area contributed by atoms with Crippen LogP contribution in [0.5, 0.6) is 0 Å². The molecule has 1 aliphatic carbocycles. The fourth-order valence-electron chi connectivity index (χ4n) is 5.91.